The summed E-state index contributed by atoms with van der Waals surface area (Å²) in [6.45, 7) is 6.61. The van der Waals surface area contributed by atoms with Crippen LogP contribution in [0.4, 0.5) is 0 Å². The van der Waals surface area contributed by atoms with Crippen LogP contribution in [0.3, 0.4) is 0 Å². The first-order valence-electron chi connectivity index (χ1n) is 8.99. The molecule has 1 saturated heterocycles. The van der Waals surface area contributed by atoms with Crippen LogP contribution in [0.25, 0.3) is 0 Å². The number of carbonyl (C=O) groups is 2. The topological polar surface area (TPSA) is 52.6 Å². The van der Waals surface area contributed by atoms with Crippen molar-refractivity contribution in [1.29, 1.82) is 0 Å². The Labute approximate surface area is 135 Å². The van der Waals surface area contributed by atoms with E-state index in [-0.39, 0.29) is 18.0 Å². The Kier molecular flexibility index (Phi) is 14.1. The molecular formula is C18H34O4. The van der Waals surface area contributed by atoms with Gasteiger partial charge in [-0.05, 0) is 26.2 Å². The fourth-order valence-corrected chi connectivity index (χ4v) is 2.33. The van der Waals surface area contributed by atoms with Crippen LogP contribution < -0.4 is 0 Å². The Balaban J connectivity index is 0.000000461. The minimum atomic E-state index is -0.0407. The molecular weight excluding hydrogens is 280 g/mol. The first-order valence-corrected chi connectivity index (χ1v) is 8.99. The molecule has 0 aliphatic carbocycles. The molecule has 0 spiro atoms. The molecule has 22 heavy (non-hydrogen) atoms. The maximum Gasteiger partial charge on any atom is 0.306 e. The standard InChI is InChI=1S/C12H24O2.C6H10O2/c1-3-5-6-7-8-9-10-11-12(13)14-4-2;1-2-5-3-4-6(7)8-5/h3-11H2,1-2H3;5H,2-4H2,1H3. The van der Waals surface area contributed by atoms with E-state index >= 15 is 0 Å². The molecule has 1 aliphatic rings. The average molecular weight is 314 g/mol. The van der Waals surface area contributed by atoms with E-state index in [9.17, 15) is 9.59 Å². The van der Waals surface area contributed by atoms with Crippen LogP contribution in [0.5, 0.6) is 0 Å². The monoisotopic (exact) mass is 314 g/mol. The van der Waals surface area contributed by atoms with Gasteiger partial charge >= 0.3 is 11.9 Å². The van der Waals surface area contributed by atoms with Crippen molar-refractivity contribution in [2.24, 2.45) is 0 Å². The van der Waals surface area contributed by atoms with Crippen molar-refractivity contribution in [2.75, 3.05) is 6.61 Å². The number of hydrogen-bond donors (Lipinski definition) is 0. The third kappa shape index (κ3) is 12.7. The predicted molar refractivity (Wildman–Crippen MR) is 88.6 cm³/mol. The molecule has 0 aromatic heterocycles. The Bertz CT molecular complexity index is 289. The second-order valence-corrected chi connectivity index (χ2v) is 5.74. The van der Waals surface area contributed by atoms with Crippen LogP contribution in [-0.4, -0.2) is 24.6 Å². The molecule has 1 unspecified atom stereocenters. The van der Waals surface area contributed by atoms with Crippen molar-refractivity contribution in [3.8, 4) is 0 Å². The van der Waals surface area contributed by atoms with E-state index in [0.717, 1.165) is 19.3 Å². The highest BCUT2D eigenvalue weighted by atomic mass is 16.5. The molecule has 130 valence electrons. The van der Waals surface area contributed by atoms with Gasteiger partial charge in [-0.3, -0.25) is 9.59 Å². The highest BCUT2D eigenvalue weighted by Crippen LogP contribution is 2.15. The number of unbranched alkanes of at least 4 members (excludes halogenated alkanes) is 6. The van der Waals surface area contributed by atoms with Gasteiger partial charge in [0, 0.05) is 12.8 Å². The summed E-state index contributed by atoms with van der Waals surface area (Å²) in [5.74, 6) is -0.0714. The maximum atomic E-state index is 11.0. The van der Waals surface area contributed by atoms with Gasteiger partial charge in [-0.1, -0.05) is 52.4 Å². The van der Waals surface area contributed by atoms with Crippen LogP contribution >= 0.6 is 0 Å². The summed E-state index contributed by atoms with van der Waals surface area (Å²) in [6.07, 6.45) is 12.1. The zero-order valence-electron chi connectivity index (χ0n) is 14.7. The highest BCUT2D eigenvalue weighted by Gasteiger charge is 2.20. The number of hydrogen-bond acceptors (Lipinski definition) is 4. The Hall–Kier alpha value is -1.06. The van der Waals surface area contributed by atoms with Crippen molar-refractivity contribution in [3.63, 3.8) is 0 Å². The molecule has 0 radical (unpaired) electrons. The second kappa shape index (κ2) is 14.9. The highest BCUT2D eigenvalue weighted by molar-refractivity contribution is 5.71. The molecule has 0 N–H and O–H groups in total. The summed E-state index contributed by atoms with van der Waals surface area (Å²) in [7, 11) is 0. The number of cyclic esters (lactones) is 1. The quantitative estimate of drug-likeness (QED) is 0.429. The fraction of sp³-hybridized carbons (Fsp3) is 0.889. The van der Waals surface area contributed by atoms with Crippen LogP contribution in [0.1, 0.15) is 91.4 Å². The molecule has 1 heterocycles. The van der Waals surface area contributed by atoms with Gasteiger partial charge in [-0.15, -0.1) is 0 Å². The third-order valence-corrected chi connectivity index (χ3v) is 3.71. The average Bonchev–Trinajstić information content (AvgIpc) is 2.93. The Morgan fingerprint density at radius 3 is 2.18 bits per heavy atom. The van der Waals surface area contributed by atoms with Crippen molar-refractivity contribution in [1.82, 2.24) is 0 Å². The Morgan fingerprint density at radius 1 is 1.09 bits per heavy atom. The molecule has 0 aromatic rings. The van der Waals surface area contributed by atoms with Crippen molar-refractivity contribution in [3.05, 3.63) is 0 Å². The Morgan fingerprint density at radius 2 is 1.73 bits per heavy atom. The lowest BCUT2D eigenvalue weighted by molar-refractivity contribution is -0.143. The second-order valence-electron chi connectivity index (χ2n) is 5.74. The molecule has 0 aromatic carbocycles. The molecule has 1 rings (SSSR count). The maximum absolute atomic E-state index is 11.0. The summed E-state index contributed by atoms with van der Waals surface area (Å²) in [5, 5.41) is 0. The van der Waals surface area contributed by atoms with Gasteiger partial charge in [-0.2, -0.15) is 0 Å². The van der Waals surface area contributed by atoms with Crippen LogP contribution in [0.2, 0.25) is 0 Å². The lowest BCUT2D eigenvalue weighted by atomic mass is 10.1. The molecule has 1 atom stereocenters. The number of esters is 2. The van der Waals surface area contributed by atoms with Gasteiger partial charge in [0.1, 0.15) is 6.10 Å². The van der Waals surface area contributed by atoms with Crippen molar-refractivity contribution >= 4 is 11.9 Å². The first kappa shape index (κ1) is 20.9. The largest absolute Gasteiger partial charge is 0.466 e. The molecule has 0 saturated carbocycles. The van der Waals surface area contributed by atoms with Crippen LogP contribution in [0.15, 0.2) is 0 Å². The van der Waals surface area contributed by atoms with Crippen molar-refractivity contribution < 1.29 is 19.1 Å². The number of rotatable bonds is 10. The summed E-state index contributed by atoms with van der Waals surface area (Å²) < 4.78 is 9.72. The van der Waals surface area contributed by atoms with E-state index in [1.807, 2.05) is 13.8 Å². The molecule has 0 amide bonds. The minimum absolute atomic E-state index is 0.0307. The summed E-state index contributed by atoms with van der Waals surface area (Å²) in [6, 6.07) is 0. The zero-order valence-corrected chi connectivity index (χ0v) is 14.7. The van der Waals surface area contributed by atoms with E-state index < -0.39 is 0 Å². The normalized spacial score (nSPS) is 16.7. The fourth-order valence-electron chi connectivity index (χ4n) is 2.33. The third-order valence-electron chi connectivity index (χ3n) is 3.71. The molecule has 4 heteroatoms. The predicted octanol–water partition coefficient (Wildman–Crippen LogP) is 4.79. The molecule has 1 aliphatic heterocycles. The zero-order chi connectivity index (χ0) is 16.6. The summed E-state index contributed by atoms with van der Waals surface area (Å²) >= 11 is 0. The van der Waals surface area contributed by atoms with Gasteiger partial charge in [-0.25, -0.2) is 0 Å². The minimum Gasteiger partial charge on any atom is -0.466 e. The van der Waals surface area contributed by atoms with Crippen molar-refractivity contribution in [2.45, 2.75) is 97.5 Å². The van der Waals surface area contributed by atoms with Gasteiger partial charge < -0.3 is 9.47 Å². The van der Waals surface area contributed by atoms with E-state index in [0.29, 0.717) is 19.4 Å². The first-order chi connectivity index (χ1) is 10.6. The lowest BCUT2D eigenvalue weighted by Gasteiger charge is -2.01. The van der Waals surface area contributed by atoms with E-state index in [2.05, 4.69) is 6.92 Å². The summed E-state index contributed by atoms with van der Waals surface area (Å²) in [5.41, 5.74) is 0. The van der Waals surface area contributed by atoms with Gasteiger partial charge in [0.15, 0.2) is 0 Å². The number of ether oxygens (including phenoxy) is 2. The van der Waals surface area contributed by atoms with Crippen LogP contribution in [-0.2, 0) is 19.1 Å². The summed E-state index contributed by atoms with van der Waals surface area (Å²) in [4.78, 5) is 21.3. The van der Waals surface area contributed by atoms with Gasteiger partial charge in [0.2, 0.25) is 0 Å². The van der Waals surface area contributed by atoms with E-state index in [4.69, 9.17) is 9.47 Å². The molecule has 0 bridgehead atoms. The van der Waals surface area contributed by atoms with Crippen LogP contribution in [0, 0.1) is 0 Å². The van der Waals surface area contributed by atoms with E-state index in [1.165, 1.54) is 38.5 Å². The molecule has 1 fully saturated rings. The lowest BCUT2D eigenvalue weighted by Crippen LogP contribution is -2.03. The van der Waals surface area contributed by atoms with E-state index in [1.54, 1.807) is 0 Å². The SMILES string of the molecule is CCC1CCC(=O)O1.CCCCCCCCCC(=O)OCC. The number of carbonyl (C=O) groups excluding carboxylic acids is 2. The molecule has 4 nitrogen and oxygen atoms in total. The van der Waals surface area contributed by atoms with Gasteiger partial charge in [0.25, 0.3) is 0 Å². The van der Waals surface area contributed by atoms with Gasteiger partial charge in [0.05, 0.1) is 6.61 Å². The smallest absolute Gasteiger partial charge is 0.306 e.